The number of hydrogen-bond acceptors (Lipinski definition) is 3. The molecule has 0 aliphatic carbocycles. The standard InChI is InChI=1S/C12H21NO2P2.C2H6/c1-6-11(2,3)12(4,5)13(17)7-8(14)9(15)10(7)16;1-2/h6,16-17H2,1-5H3;1-2H3. The van der Waals surface area contributed by atoms with Crippen molar-refractivity contribution in [2.24, 2.45) is 5.41 Å². The minimum absolute atomic E-state index is 0.0333. The number of nitrogens with zero attached hydrogens (tertiary/aromatic N) is 1. The van der Waals surface area contributed by atoms with Crippen molar-refractivity contribution in [3.8, 4) is 0 Å². The highest BCUT2D eigenvalue weighted by molar-refractivity contribution is 7.28. The molecule has 1 aromatic rings. The van der Waals surface area contributed by atoms with Gasteiger partial charge in [-0.1, -0.05) is 43.9 Å². The molecule has 0 aliphatic heterocycles. The van der Waals surface area contributed by atoms with E-state index in [0.717, 1.165) is 6.42 Å². The molecule has 0 saturated heterocycles. The number of hydrogen-bond donors (Lipinski definition) is 0. The maximum atomic E-state index is 11.6. The van der Waals surface area contributed by atoms with Gasteiger partial charge in [0.1, 0.15) is 5.69 Å². The van der Waals surface area contributed by atoms with Crippen LogP contribution in [0.25, 0.3) is 0 Å². The molecule has 1 aromatic carbocycles. The second-order valence-electron chi connectivity index (χ2n) is 5.59. The molecule has 0 amide bonds. The fourth-order valence-electron chi connectivity index (χ4n) is 1.67. The summed E-state index contributed by atoms with van der Waals surface area (Å²) in [6, 6.07) is 0. The highest BCUT2D eigenvalue weighted by Gasteiger charge is 2.41. The van der Waals surface area contributed by atoms with E-state index in [1.165, 1.54) is 0 Å². The Bertz CT molecular complexity index is 500. The van der Waals surface area contributed by atoms with Crippen molar-refractivity contribution in [3.63, 3.8) is 0 Å². The van der Waals surface area contributed by atoms with Gasteiger partial charge < -0.3 is 4.67 Å². The zero-order chi connectivity index (χ0) is 15.6. The van der Waals surface area contributed by atoms with E-state index in [1.807, 2.05) is 18.5 Å². The van der Waals surface area contributed by atoms with Gasteiger partial charge in [-0.2, -0.15) is 0 Å². The van der Waals surface area contributed by atoms with E-state index in [4.69, 9.17) is 0 Å². The summed E-state index contributed by atoms with van der Waals surface area (Å²) in [6.45, 7) is 14.6. The van der Waals surface area contributed by atoms with Crippen molar-refractivity contribution in [3.05, 3.63) is 20.4 Å². The third kappa shape index (κ3) is 3.09. The van der Waals surface area contributed by atoms with Gasteiger partial charge in [-0.3, -0.25) is 9.59 Å². The van der Waals surface area contributed by atoms with Crippen LogP contribution in [0.1, 0.15) is 54.9 Å². The topological polar surface area (TPSA) is 37.4 Å². The van der Waals surface area contributed by atoms with E-state index in [0.29, 0.717) is 11.0 Å². The molecule has 3 nitrogen and oxygen atoms in total. The van der Waals surface area contributed by atoms with E-state index in [-0.39, 0.29) is 21.8 Å². The molecule has 5 heteroatoms. The molecule has 1 rings (SSSR count). The van der Waals surface area contributed by atoms with Gasteiger partial charge >= 0.3 is 0 Å². The fraction of sp³-hybridized carbons (Fsp3) is 0.714. The van der Waals surface area contributed by atoms with Crippen LogP contribution >= 0.6 is 18.6 Å². The second-order valence-corrected chi connectivity index (χ2v) is 6.68. The Balaban J connectivity index is 0.00000154. The van der Waals surface area contributed by atoms with Gasteiger partial charge in [-0.25, -0.2) is 0 Å². The number of rotatable bonds is 4. The Hall–Kier alpha value is -0.260. The Kier molecular flexibility index (Phi) is 6.37. The molecule has 0 aromatic heterocycles. The minimum atomic E-state index is -0.387. The Morgan fingerprint density at radius 1 is 1.05 bits per heavy atom. The first-order valence-corrected chi connectivity index (χ1v) is 7.81. The summed E-state index contributed by atoms with van der Waals surface area (Å²) < 4.78 is 1.86. The fourth-order valence-corrected chi connectivity index (χ4v) is 2.83. The summed E-state index contributed by atoms with van der Waals surface area (Å²) >= 11 is 0. The molecule has 0 bridgehead atoms. The van der Waals surface area contributed by atoms with Crippen LogP contribution in [0.5, 0.6) is 0 Å². The molecule has 0 spiro atoms. The quantitative estimate of drug-likeness (QED) is 0.634. The van der Waals surface area contributed by atoms with Crippen LogP contribution in [0.3, 0.4) is 0 Å². The van der Waals surface area contributed by atoms with Crippen molar-refractivity contribution in [1.29, 1.82) is 0 Å². The van der Waals surface area contributed by atoms with Gasteiger partial charge in [0.05, 0.1) is 0 Å². The van der Waals surface area contributed by atoms with Crippen molar-refractivity contribution in [2.45, 2.75) is 60.4 Å². The van der Waals surface area contributed by atoms with Crippen LogP contribution in [0.4, 0.5) is 5.69 Å². The van der Waals surface area contributed by atoms with Crippen LogP contribution in [0, 0.1) is 5.41 Å². The van der Waals surface area contributed by atoms with Gasteiger partial charge in [0.15, 0.2) is 0 Å². The summed E-state index contributed by atoms with van der Waals surface area (Å²) in [7, 11) is 4.94. The first-order chi connectivity index (χ1) is 8.58. The summed E-state index contributed by atoms with van der Waals surface area (Å²) in [6.07, 6.45) is 0.993. The summed E-state index contributed by atoms with van der Waals surface area (Å²) in [5.74, 6) is 0. The average molecular weight is 303 g/mol. The van der Waals surface area contributed by atoms with Gasteiger partial charge in [0, 0.05) is 10.8 Å². The third-order valence-corrected chi connectivity index (χ3v) is 5.74. The van der Waals surface area contributed by atoms with Crippen LogP contribution in [0.15, 0.2) is 9.59 Å². The van der Waals surface area contributed by atoms with Crippen molar-refractivity contribution >= 4 is 29.6 Å². The van der Waals surface area contributed by atoms with Gasteiger partial charge in [-0.15, -0.1) is 0 Å². The molecule has 0 saturated carbocycles. The maximum Gasteiger partial charge on any atom is 0.250 e. The monoisotopic (exact) mass is 303 g/mol. The Morgan fingerprint density at radius 2 is 1.47 bits per heavy atom. The van der Waals surface area contributed by atoms with Crippen LogP contribution in [0.2, 0.25) is 0 Å². The lowest BCUT2D eigenvalue weighted by atomic mass is 9.72. The van der Waals surface area contributed by atoms with E-state index in [2.05, 4.69) is 53.2 Å². The highest BCUT2D eigenvalue weighted by Crippen LogP contribution is 2.41. The first kappa shape index (κ1) is 18.7. The molecule has 19 heavy (non-hydrogen) atoms. The molecule has 0 heterocycles. The summed E-state index contributed by atoms with van der Waals surface area (Å²) in [5, 5.41) is 0.491. The zero-order valence-electron chi connectivity index (χ0n) is 13.1. The van der Waals surface area contributed by atoms with Crippen molar-refractivity contribution in [1.82, 2.24) is 0 Å². The molecule has 0 N–H and O–H groups in total. The molecule has 2 unspecified atom stereocenters. The molecule has 2 atom stereocenters. The lowest BCUT2D eigenvalue weighted by Gasteiger charge is -2.48. The highest BCUT2D eigenvalue weighted by atomic mass is 31.0. The average Bonchev–Trinajstić information content (AvgIpc) is 2.40. The third-order valence-electron chi connectivity index (χ3n) is 4.30. The molecular formula is C14H27NO2P2. The number of anilines is 1. The van der Waals surface area contributed by atoms with Gasteiger partial charge in [-0.05, 0) is 35.1 Å². The molecular weight excluding hydrogens is 276 g/mol. The van der Waals surface area contributed by atoms with E-state index >= 15 is 0 Å². The van der Waals surface area contributed by atoms with Crippen molar-refractivity contribution in [2.75, 3.05) is 4.67 Å². The minimum Gasteiger partial charge on any atom is -0.346 e. The van der Waals surface area contributed by atoms with Crippen molar-refractivity contribution < 1.29 is 0 Å². The van der Waals surface area contributed by atoms with Crippen LogP contribution < -0.4 is 20.8 Å². The largest absolute Gasteiger partial charge is 0.346 e. The van der Waals surface area contributed by atoms with Gasteiger partial charge in [0.25, 0.3) is 5.43 Å². The van der Waals surface area contributed by atoms with E-state index in [1.54, 1.807) is 0 Å². The Labute approximate surface area is 121 Å². The maximum absolute atomic E-state index is 11.6. The SMILES string of the molecule is CC.CCC(C)(C)C(C)(C)N(P)c1c(P)c(=O)c1=O. The van der Waals surface area contributed by atoms with Gasteiger partial charge in [0.2, 0.25) is 5.43 Å². The molecule has 0 radical (unpaired) electrons. The molecule has 0 aliphatic rings. The smallest absolute Gasteiger partial charge is 0.250 e. The summed E-state index contributed by atoms with van der Waals surface area (Å²) in [4.78, 5) is 22.9. The lowest BCUT2D eigenvalue weighted by molar-refractivity contribution is 0.201. The second kappa shape index (κ2) is 6.46. The van der Waals surface area contributed by atoms with E-state index in [9.17, 15) is 9.59 Å². The lowest BCUT2D eigenvalue weighted by Crippen LogP contribution is -2.57. The zero-order valence-corrected chi connectivity index (χ0v) is 15.4. The van der Waals surface area contributed by atoms with Crippen LogP contribution in [-0.4, -0.2) is 5.54 Å². The molecule has 0 fully saturated rings. The van der Waals surface area contributed by atoms with Crippen LogP contribution in [-0.2, 0) is 0 Å². The van der Waals surface area contributed by atoms with E-state index < -0.39 is 0 Å². The first-order valence-electron chi connectivity index (χ1n) is 6.71. The predicted molar refractivity (Wildman–Crippen MR) is 92.4 cm³/mol. The molecule has 110 valence electrons. The normalized spacial score (nSPS) is 12.1. The predicted octanol–water partition coefficient (Wildman–Crippen LogP) is 2.62. The Morgan fingerprint density at radius 3 is 1.79 bits per heavy atom. The summed E-state index contributed by atoms with van der Waals surface area (Å²) in [5.41, 5.74) is -0.449.